The molecule has 1 N–H and O–H groups in total. The third-order valence-electron chi connectivity index (χ3n) is 3.59. The van der Waals surface area contributed by atoms with Gasteiger partial charge in [-0.1, -0.05) is 32.6 Å². The van der Waals surface area contributed by atoms with Crippen molar-refractivity contribution in [2.24, 2.45) is 5.92 Å². The second kappa shape index (κ2) is 6.36. The predicted octanol–water partition coefficient (Wildman–Crippen LogP) is 2.31. The van der Waals surface area contributed by atoms with Crippen LogP contribution in [0.15, 0.2) is 0 Å². The highest BCUT2D eigenvalue weighted by atomic mass is 16.5. The Morgan fingerprint density at radius 2 is 1.88 bits per heavy atom. The molecule has 0 amide bonds. The molecule has 0 heterocycles. The van der Waals surface area contributed by atoms with Crippen LogP contribution < -0.4 is 0 Å². The molecule has 0 aliphatic heterocycles. The van der Waals surface area contributed by atoms with E-state index in [1.165, 1.54) is 0 Å². The summed E-state index contributed by atoms with van der Waals surface area (Å²) in [6.07, 6.45) is 6.21. The molecule has 0 bridgehead atoms. The molecule has 1 atom stereocenters. The summed E-state index contributed by atoms with van der Waals surface area (Å²) >= 11 is 0. The Morgan fingerprint density at radius 3 is 2.38 bits per heavy atom. The van der Waals surface area contributed by atoms with E-state index in [1.54, 1.807) is 7.11 Å². The van der Waals surface area contributed by atoms with E-state index in [0.29, 0.717) is 25.9 Å². The quantitative estimate of drug-likeness (QED) is 0.734. The first-order valence-corrected chi connectivity index (χ1v) is 6.36. The van der Waals surface area contributed by atoms with Crippen molar-refractivity contribution in [3.05, 3.63) is 0 Å². The highest BCUT2D eigenvalue weighted by molar-refractivity contribution is 5.88. The molecule has 0 aromatic rings. The Hall–Kier alpha value is -0.410. The lowest BCUT2D eigenvalue weighted by Crippen LogP contribution is -2.41. The van der Waals surface area contributed by atoms with E-state index in [-0.39, 0.29) is 11.7 Å². The van der Waals surface area contributed by atoms with Crippen molar-refractivity contribution >= 4 is 5.78 Å². The van der Waals surface area contributed by atoms with Crippen molar-refractivity contribution in [1.29, 1.82) is 0 Å². The molecule has 1 aliphatic carbocycles. The van der Waals surface area contributed by atoms with Gasteiger partial charge < -0.3 is 9.84 Å². The highest BCUT2D eigenvalue weighted by Crippen LogP contribution is 2.30. The lowest BCUT2D eigenvalue weighted by Gasteiger charge is -2.28. The number of methoxy groups -OCH3 is 1. The highest BCUT2D eigenvalue weighted by Gasteiger charge is 2.38. The van der Waals surface area contributed by atoms with E-state index in [2.05, 4.69) is 0 Å². The molecule has 1 rings (SSSR count). The molecular weight excluding hydrogens is 204 g/mol. The van der Waals surface area contributed by atoms with Crippen LogP contribution in [-0.2, 0) is 9.53 Å². The number of hydrogen-bond donors (Lipinski definition) is 1. The maximum Gasteiger partial charge on any atom is 0.167 e. The van der Waals surface area contributed by atoms with E-state index in [0.717, 1.165) is 25.7 Å². The molecule has 0 aromatic heterocycles. The summed E-state index contributed by atoms with van der Waals surface area (Å²) in [5.74, 6) is -0.0745. The van der Waals surface area contributed by atoms with Gasteiger partial charge in [0, 0.05) is 19.6 Å². The van der Waals surface area contributed by atoms with Crippen molar-refractivity contribution in [1.82, 2.24) is 0 Å². The summed E-state index contributed by atoms with van der Waals surface area (Å²) in [6, 6.07) is 0. The zero-order valence-electron chi connectivity index (χ0n) is 10.5. The topological polar surface area (TPSA) is 46.5 Å². The average Bonchev–Trinajstić information content (AvgIpc) is 2.51. The molecule has 1 fully saturated rings. The summed E-state index contributed by atoms with van der Waals surface area (Å²) in [6.45, 7) is 2.48. The number of ketones is 1. The molecule has 3 nitrogen and oxygen atoms in total. The molecule has 94 valence electrons. The second-order valence-electron chi connectivity index (χ2n) is 4.99. The van der Waals surface area contributed by atoms with Crippen LogP contribution in [0.4, 0.5) is 0 Å². The van der Waals surface area contributed by atoms with Crippen LogP contribution in [0, 0.1) is 5.92 Å². The number of Topliss-reactive ketones (excluding diaryl/α,β-unsaturated/α-hetero) is 1. The lowest BCUT2D eigenvalue weighted by atomic mass is 9.83. The zero-order valence-corrected chi connectivity index (χ0v) is 10.5. The van der Waals surface area contributed by atoms with E-state index < -0.39 is 5.60 Å². The average molecular weight is 228 g/mol. The minimum Gasteiger partial charge on any atom is -0.385 e. The standard InChI is InChI=1S/C13H24O3/c1-11(7-10-16-2)12(14)13(15)8-5-3-4-6-9-13/h11,15H,3-10H2,1-2H3. The monoisotopic (exact) mass is 228 g/mol. The van der Waals surface area contributed by atoms with Crippen LogP contribution in [0.1, 0.15) is 51.9 Å². The van der Waals surface area contributed by atoms with Gasteiger partial charge in [-0.2, -0.15) is 0 Å². The SMILES string of the molecule is COCCC(C)C(=O)C1(O)CCCCCC1. The van der Waals surface area contributed by atoms with Crippen molar-refractivity contribution in [3.8, 4) is 0 Å². The van der Waals surface area contributed by atoms with E-state index in [4.69, 9.17) is 4.74 Å². The number of aliphatic hydroxyl groups is 1. The van der Waals surface area contributed by atoms with E-state index in [9.17, 15) is 9.90 Å². The Balaban J connectivity index is 2.55. The number of rotatable bonds is 5. The molecule has 0 saturated heterocycles. The maximum absolute atomic E-state index is 12.2. The van der Waals surface area contributed by atoms with Crippen molar-refractivity contribution in [2.45, 2.75) is 57.5 Å². The molecule has 16 heavy (non-hydrogen) atoms. The molecule has 0 spiro atoms. The normalized spacial score (nSPS) is 22.4. The largest absolute Gasteiger partial charge is 0.385 e. The Labute approximate surface area is 98.2 Å². The van der Waals surface area contributed by atoms with Gasteiger partial charge >= 0.3 is 0 Å². The number of carbonyl (C=O) groups excluding carboxylic acids is 1. The first-order valence-electron chi connectivity index (χ1n) is 6.36. The summed E-state index contributed by atoms with van der Waals surface area (Å²) < 4.78 is 4.97. The molecule has 1 saturated carbocycles. The lowest BCUT2D eigenvalue weighted by molar-refractivity contribution is -0.143. The molecule has 0 aromatic carbocycles. The van der Waals surface area contributed by atoms with Crippen molar-refractivity contribution < 1.29 is 14.6 Å². The Bertz CT molecular complexity index is 217. The summed E-state index contributed by atoms with van der Waals surface area (Å²) in [5, 5.41) is 10.4. The fourth-order valence-electron chi connectivity index (χ4n) is 2.44. The maximum atomic E-state index is 12.2. The first-order chi connectivity index (χ1) is 7.60. The van der Waals surface area contributed by atoms with Gasteiger partial charge in [-0.3, -0.25) is 4.79 Å². The Morgan fingerprint density at radius 1 is 1.31 bits per heavy atom. The minimum absolute atomic E-state index is 0.0199. The third kappa shape index (κ3) is 3.56. The fraction of sp³-hybridized carbons (Fsp3) is 0.923. The molecular formula is C13H24O3. The number of carbonyl (C=O) groups is 1. The van der Waals surface area contributed by atoms with Gasteiger partial charge in [0.1, 0.15) is 5.60 Å². The van der Waals surface area contributed by atoms with Gasteiger partial charge in [0.25, 0.3) is 0 Å². The third-order valence-corrected chi connectivity index (χ3v) is 3.59. The number of hydrogen-bond acceptors (Lipinski definition) is 3. The van der Waals surface area contributed by atoms with Crippen LogP contribution in [0.5, 0.6) is 0 Å². The Kier molecular flexibility index (Phi) is 5.42. The summed E-state index contributed by atoms with van der Waals surface area (Å²) in [7, 11) is 1.64. The predicted molar refractivity (Wildman–Crippen MR) is 63.3 cm³/mol. The molecule has 0 radical (unpaired) electrons. The van der Waals surface area contributed by atoms with Gasteiger partial charge in [-0.05, 0) is 19.3 Å². The first kappa shape index (κ1) is 13.7. The fourth-order valence-corrected chi connectivity index (χ4v) is 2.44. The van der Waals surface area contributed by atoms with Gasteiger partial charge in [0.05, 0.1) is 0 Å². The van der Waals surface area contributed by atoms with Crippen molar-refractivity contribution in [3.63, 3.8) is 0 Å². The van der Waals surface area contributed by atoms with Gasteiger partial charge in [0.15, 0.2) is 5.78 Å². The molecule has 1 aliphatic rings. The molecule has 3 heteroatoms. The van der Waals surface area contributed by atoms with Crippen LogP contribution in [0.2, 0.25) is 0 Å². The second-order valence-corrected chi connectivity index (χ2v) is 4.99. The minimum atomic E-state index is -1.05. The van der Waals surface area contributed by atoms with E-state index >= 15 is 0 Å². The summed E-state index contributed by atoms with van der Waals surface area (Å²) in [5.41, 5.74) is -1.05. The van der Waals surface area contributed by atoms with Crippen LogP contribution >= 0.6 is 0 Å². The van der Waals surface area contributed by atoms with Gasteiger partial charge in [-0.25, -0.2) is 0 Å². The summed E-state index contributed by atoms with van der Waals surface area (Å²) in [4.78, 5) is 12.2. The van der Waals surface area contributed by atoms with Crippen LogP contribution in [0.3, 0.4) is 0 Å². The smallest absolute Gasteiger partial charge is 0.167 e. The van der Waals surface area contributed by atoms with Gasteiger partial charge in [-0.15, -0.1) is 0 Å². The van der Waals surface area contributed by atoms with Crippen molar-refractivity contribution in [2.75, 3.05) is 13.7 Å². The zero-order chi connectivity index (χ0) is 12.0. The molecule has 1 unspecified atom stereocenters. The number of ether oxygens (including phenoxy) is 1. The van der Waals surface area contributed by atoms with E-state index in [1.807, 2.05) is 6.92 Å². The van der Waals surface area contributed by atoms with Crippen LogP contribution in [0.25, 0.3) is 0 Å². The van der Waals surface area contributed by atoms with Gasteiger partial charge in [0.2, 0.25) is 0 Å². The van der Waals surface area contributed by atoms with Crippen LogP contribution in [-0.4, -0.2) is 30.2 Å².